The topological polar surface area (TPSA) is 86.8 Å². The molecule has 186 valence electrons. The fraction of sp³-hybridized carbons (Fsp3) is 0.462. The number of nitrogens with zero attached hydrogens (tertiary/aromatic N) is 2. The van der Waals surface area contributed by atoms with E-state index < -0.39 is 28.5 Å². The van der Waals surface area contributed by atoms with E-state index in [9.17, 15) is 18.0 Å². The number of anilines is 1. The molecular formula is C26H37N3O4S. The summed E-state index contributed by atoms with van der Waals surface area (Å²) in [6, 6.07) is 12.4. The molecule has 0 aliphatic rings. The first-order chi connectivity index (χ1) is 15.8. The summed E-state index contributed by atoms with van der Waals surface area (Å²) in [5.74, 6) is -0.448. The van der Waals surface area contributed by atoms with Crippen LogP contribution in [0, 0.1) is 26.7 Å². The fourth-order valence-corrected chi connectivity index (χ4v) is 4.78. The molecule has 8 heteroatoms. The first kappa shape index (κ1) is 27.4. The van der Waals surface area contributed by atoms with Gasteiger partial charge in [-0.1, -0.05) is 61.9 Å². The standard InChI is InChI=1S/C26H37N3O4S/c1-18(2)15-27-26(31)22(6)28(16-23-13-8-10-19(3)14-23)24(30)17-29(34(7,32)33)25-20(4)11-9-12-21(25)5/h8-14,18,22H,15-17H2,1-7H3,(H,27,31). The van der Waals surface area contributed by atoms with Gasteiger partial charge >= 0.3 is 0 Å². The van der Waals surface area contributed by atoms with E-state index in [0.717, 1.165) is 32.8 Å². The van der Waals surface area contributed by atoms with Crippen molar-refractivity contribution >= 4 is 27.5 Å². The van der Waals surface area contributed by atoms with Gasteiger partial charge in [-0.3, -0.25) is 13.9 Å². The van der Waals surface area contributed by atoms with Crippen molar-refractivity contribution in [2.45, 2.75) is 54.1 Å². The normalized spacial score (nSPS) is 12.4. The van der Waals surface area contributed by atoms with E-state index in [2.05, 4.69) is 5.32 Å². The van der Waals surface area contributed by atoms with Crippen LogP contribution < -0.4 is 9.62 Å². The molecule has 2 aromatic rings. The van der Waals surface area contributed by atoms with E-state index in [1.807, 2.05) is 77.1 Å². The van der Waals surface area contributed by atoms with Crippen LogP contribution in [0.2, 0.25) is 0 Å². The molecule has 2 aromatic carbocycles. The lowest BCUT2D eigenvalue weighted by Gasteiger charge is -2.32. The number of para-hydroxylation sites is 1. The SMILES string of the molecule is Cc1cccc(CN(C(=O)CN(c2c(C)cccc2C)S(C)(=O)=O)C(C)C(=O)NCC(C)C)c1. The lowest BCUT2D eigenvalue weighted by molar-refractivity contribution is -0.139. The van der Waals surface area contributed by atoms with Crippen LogP contribution in [0.15, 0.2) is 42.5 Å². The third-order valence-corrected chi connectivity index (χ3v) is 6.77. The summed E-state index contributed by atoms with van der Waals surface area (Å²) in [6.07, 6.45) is 1.09. The lowest BCUT2D eigenvalue weighted by atomic mass is 10.1. The molecule has 2 amide bonds. The Bertz CT molecular complexity index is 1110. The van der Waals surface area contributed by atoms with E-state index in [1.165, 1.54) is 4.90 Å². The molecule has 1 unspecified atom stereocenters. The first-order valence-corrected chi connectivity index (χ1v) is 13.3. The van der Waals surface area contributed by atoms with E-state index in [-0.39, 0.29) is 18.4 Å². The van der Waals surface area contributed by atoms with Crippen LogP contribution in [0.4, 0.5) is 5.69 Å². The van der Waals surface area contributed by atoms with Gasteiger partial charge in [0.05, 0.1) is 11.9 Å². The Morgan fingerprint density at radius 3 is 2.09 bits per heavy atom. The van der Waals surface area contributed by atoms with E-state index in [1.54, 1.807) is 6.92 Å². The Morgan fingerprint density at radius 1 is 0.971 bits per heavy atom. The zero-order valence-corrected chi connectivity index (χ0v) is 22.1. The molecule has 0 radical (unpaired) electrons. The number of amides is 2. The largest absolute Gasteiger partial charge is 0.354 e. The van der Waals surface area contributed by atoms with Gasteiger partial charge in [-0.15, -0.1) is 0 Å². The predicted molar refractivity (Wildman–Crippen MR) is 137 cm³/mol. The number of hydrogen-bond donors (Lipinski definition) is 1. The van der Waals surface area contributed by atoms with Gasteiger partial charge < -0.3 is 10.2 Å². The summed E-state index contributed by atoms with van der Waals surface area (Å²) in [7, 11) is -3.75. The molecule has 0 spiro atoms. The lowest BCUT2D eigenvalue weighted by Crippen LogP contribution is -2.51. The van der Waals surface area contributed by atoms with E-state index in [0.29, 0.717) is 12.2 Å². The van der Waals surface area contributed by atoms with E-state index >= 15 is 0 Å². The summed E-state index contributed by atoms with van der Waals surface area (Å²) < 4.78 is 26.6. The highest BCUT2D eigenvalue weighted by Gasteiger charge is 2.31. The number of hydrogen-bond acceptors (Lipinski definition) is 4. The summed E-state index contributed by atoms with van der Waals surface area (Å²) in [5.41, 5.74) is 3.91. The van der Waals surface area contributed by atoms with Crippen molar-refractivity contribution < 1.29 is 18.0 Å². The highest BCUT2D eigenvalue weighted by molar-refractivity contribution is 7.92. The summed E-state index contributed by atoms with van der Waals surface area (Å²) in [6.45, 7) is 11.6. The minimum absolute atomic E-state index is 0.196. The van der Waals surface area contributed by atoms with Crippen LogP contribution in [0.5, 0.6) is 0 Å². The number of aryl methyl sites for hydroxylation is 3. The van der Waals surface area contributed by atoms with Gasteiger partial charge in [0.15, 0.2) is 0 Å². The predicted octanol–water partition coefficient (Wildman–Crippen LogP) is 3.57. The maximum atomic E-state index is 13.6. The molecule has 1 atom stereocenters. The van der Waals surface area contributed by atoms with Crippen molar-refractivity contribution in [2.24, 2.45) is 5.92 Å². The first-order valence-electron chi connectivity index (χ1n) is 11.5. The van der Waals surface area contributed by atoms with Crippen LogP contribution in [0.3, 0.4) is 0 Å². The minimum Gasteiger partial charge on any atom is -0.354 e. The summed E-state index contributed by atoms with van der Waals surface area (Å²) in [5, 5.41) is 2.88. The monoisotopic (exact) mass is 487 g/mol. The number of nitrogens with one attached hydrogen (secondary N) is 1. The maximum absolute atomic E-state index is 13.6. The Morgan fingerprint density at radius 2 is 1.56 bits per heavy atom. The summed E-state index contributed by atoms with van der Waals surface area (Å²) >= 11 is 0. The molecule has 0 aliphatic heterocycles. The minimum atomic E-state index is -3.75. The number of rotatable bonds is 10. The van der Waals surface area contributed by atoms with E-state index in [4.69, 9.17) is 0 Å². The van der Waals surface area contributed by atoms with Crippen LogP contribution >= 0.6 is 0 Å². The Kier molecular flexibility index (Phi) is 9.27. The molecule has 0 saturated heterocycles. The molecule has 0 aliphatic carbocycles. The second-order valence-corrected chi connectivity index (χ2v) is 11.2. The maximum Gasteiger partial charge on any atom is 0.244 e. The molecule has 0 heterocycles. The van der Waals surface area contributed by atoms with Crippen molar-refractivity contribution in [1.29, 1.82) is 0 Å². The van der Waals surface area contributed by atoms with Gasteiger partial charge in [-0.05, 0) is 50.3 Å². The molecule has 34 heavy (non-hydrogen) atoms. The molecule has 0 saturated carbocycles. The van der Waals surface area contributed by atoms with Crippen molar-refractivity contribution in [2.75, 3.05) is 23.7 Å². The Labute approximate surface area is 204 Å². The van der Waals surface area contributed by atoms with Gasteiger partial charge in [-0.2, -0.15) is 0 Å². The average Bonchev–Trinajstić information content (AvgIpc) is 2.73. The zero-order chi connectivity index (χ0) is 25.6. The number of carbonyl (C=O) groups is 2. The summed E-state index contributed by atoms with van der Waals surface area (Å²) in [4.78, 5) is 27.9. The number of sulfonamides is 1. The third-order valence-electron chi connectivity index (χ3n) is 5.66. The fourth-order valence-electron chi connectivity index (χ4n) is 3.82. The van der Waals surface area contributed by atoms with Crippen molar-refractivity contribution in [3.05, 3.63) is 64.7 Å². The van der Waals surface area contributed by atoms with Gasteiger partial charge in [0.25, 0.3) is 0 Å². The highest BCUT2D eigenvalue weighted by Crippen LogP contribution is 2.27. The molecule has 0 fully saturated rings. The quantitative estimate of drug-likeness (QED) is 0.555. The van der Waals surface area contributed by atoms with Crippen molar-refractivity contribution in [3.8, 4) is 0 Å². The Balaban J connectivity index is 2.43. The number of carbonyl (C=O) groups excluding carboxylic acids is 2. The van der Waals surface area contributed by atoms with Gasteiger partial charge in [0.1, 0.15) is 12.6 Å². The molecule has 0 aromatic heterocycles. The second kappa shape index (κ2) is 11.5. The van der Waals surface area contributed by atoms with Crippen LogP contribution in [-0.4, -0.2) is 50.5 Å². The molecule has 0 bridgehead atoms. The molecule has 1 N–H and O–H groups in total. The van der Waals surface area contributed by atoms with Gasteiger partial charge in [0.2, 0.25) is 21.8 Å². The molecular weight excluding hydrogens is 450 g/mol. The zero-order valence-electron chi connectivity index (χ0n) is 21.3. The van der Waals surface area contributed by atoms with Crippen molar-refractivity contribution in [1.82, 2.24) is 10.2 Å². The third kappa shape index (κ3) is 7.32. The second-order valence-electron chi connectivity index (χ2n) is 9.34. The van der Waals surface area contributed by atoms with Crippen LogP contribution in [-0.2, 0) is 26.2 Å². The average molecular weight is 488 g/mol. The van der Waals surface area contributed by atoms with Gasteiger partial charge in [0, 0.05) is 13.1 Å². The van der Waals surface area contributed by atoms with Gasteiger partial charge in [-0.25, -0.2) is 8.42 Å². The molecule has 7 nitrogen and oxygen atoms in total. The van der Waals surface area contributed by atoms with Crippen LogP contribution in [0.1, 0.15) is 43.0 Å². The van der Waals surface area contributed by atoms with Crippen molar-refractivity contribution in [3.63, 3.8) is 0 Å². The highest BCUT2D eigenvalue weighted by atomic mass is 32.2. The Hall–Kier alpha value is -2.87. The van der Waals surface area contributed by atoms with Crippen LogP contribution in [0.25, 0.3) is 0 Å². The number of benzene rings is 2. The molecule has 2 rings (SSSR count). The smallest absolute Gasteiger partial charge is 0.244 e.